The number of likely N-dealkylation sites (tertiary alicyclic amines) is 1. The molecule has 0 saturated carbocycles. The maximum atomic E-state index is 13.0. The second-order valence-electron chi connectivity index (χ2n) is 7.12. The van der Waals surface area contributed by atoms with Crippen molar-refractivity contribution in [1.29, 1.82) is 0 Å². The first-order valence-corrected chi connectivity index (χ1v) is 9.50. The third-order valence-corrected chi connectivity index (χ3v) is 5.21. The minimum Gasteiger partial charge on any atom is -0.368 e. The number of anilines is 1. The standard InChI is InChI=1S/C22H19F3N4O/c23-22(24,25)16-10-8-14(9-11-16)17-13-27-21(26)28-19(17)18-7-4-12-29(18)20(30)15-5-2-1-3-6-15/h1-3,5-6,8-11,13,18H,4,7,12H2,(H2,26,27,28). The summed E-state index contributed by atoms with van der Waals surface area (Å²) >= 11 is 0. The second kappa shape index (κ2) is 7.78. The molecule has 1 atom stereocenters. The van der Waals surface area contributed by atoms with Gasteiger partial charge in [-0.25, -0.2) is 9.97 Å². The third kappa shape index (κ3) is 3.85. The zero-order valence-electron chi connectivity index (χ0n) is 15.9. The lowest BCUT2D eigenvalue weighted by atomic mass is 9.98. The van der Waals surface area contributed by atoms with Crippen molar-refractivity contribution in [2.75, 3.05) is 12.3 Å². The Balaban J connectivity index is 1.72. The van der Waals surface area contributed by atoms with E-state index in [0.717, 1.165) is 18.6 Å². The Morgan fingerprint density at radius 3 is 2.43 bits per heavy atom. The summed E-state index contributed by atoms with van der Waals surface area (Å²) in [5, 5.41) is 0. The Morgan fingerprint density at radius 2 is 1.77 bits per heavy atom. The molecule has 154 valence electrons. The summed E-state index contributed by atoms with van der Waals surface area (Å²) in [5.74, 6) is -0.0617. The average Bonchev–Trinajstić information content (AvgIpc) is 3.23. The highest BCUT2D eigenvalue weighted by Gasteiger charge is 2.34. The lowest BCUT2D eigenvalue weighted by Crippen LogP contribution is -2.31. The van der Waals surface area contributed by atoms with Gasteiger partial charge < -0.3 is 10.6 Å². The fourth-order valence-corrected chi connectivity index (χ4v) is 3.77. The van der Waals surface area contributed by atoms with Crippen molar-refractivity contribution in [3.8, 4) is 11.1 Å². The van der Waals surface area contributed by atoms with Crippen LogP contribution in [-0.2, 0) is 6.18 Å². The molecule has 8 heteroatoms. The molecule has 1 amide bonds. The van der Waals surface area contributed by atoms with Crippen LogP contribution in [0.3, 0.4) is 0 Å². The minimum atomic E-state index is -4.41. The monoisotopic (exact) mass is 412 g/mol. The molecule has 0 radical (unpaired) electrons. The molecule has 2 aromatic carbocycles. The summed E-state index contributed by atoms with van der Waals surface area (Å²) in [4.78, 5) is 23.2. The van der Waals surface area contributed by atoms with E-state index in [1.54, 1.807) is 29.2 Å². The highest BCUT2D eigenvalue weighted by Crippen LogP contribution is 2.38. The molecule has 1 fully saturated rings. The molecule has 0 bridgehead atoms. The maximum absolute atomic E-state index is 13.0. The van der Waals surface area contributed by atoms with Crippen molar-refractivity contribution in [2.45, 2.75) is 25.1 Å². The molecule has 4 rings (SSSR count). The molecule has 2 heterocycles. The van der Waals surface area contributed by atoms with Crippen LogP contribution in [0.15, 0.2) is 60.8 Å². The molecule has 0 aliphatic carbocycles. The first kappa shape index (κ1) is 19.9. The number of carbonyl (C=O) groups is 1. The predicted octanol–water partition coefficient (Wildman–Crippen LogP) is 4.72. The number of aromatic nitrogens is 2. The highest BCUT2D eigenvalue weighted by atomic mass is 19.4. The van der Waals surface area contributed by atoms with E-state index >= 15 is 0 Å². The number of amides is 1. The van der Waals surface area contributed by atoms with Crippen molar-refractivity contribution >= 4 is 11.9 Å². The molecule has 3 aromatic rings. The van der Waals surface area contributed by atoms with Crippen molar-refractivity contribution in [1.82, 2.24) is 14.9 Å². The van der Waals surface area contributed by atoms with Crippen LogP contribution in [0.1, 0.15) is 40.5 Å². The van der Waals surface area contributed by atoms with E-state index in [0.29, 0.717) is 35.3 Å². The van der Waals surface area contributed by atoms with Crippen LogP contribution < -0.4 is 5.73 Å². The molecule has 1 aliphatic rings. The number of benzene rings is 2. The molecular formula is C22H19F3N4O. The Labute approximate surface area is 171 Å². The molecule has 0 spiro atoms. The van der Waals surface area contributed by atoms with Crippen molar-refractivity contribution in [3.63, 3.8) is 0 Å². The Morgan fingerprint density at radius 1 is 1.07 bits per heavy atom. The molecular weight excluding hydrogens is 393 g/mol. The number of rotatable bonds is 3. The smallest absolute Gasteiger partial charge is 0.368 e. The second-order valence-corrected chi connectivity index (χ2v) is 7.12. The lowest BCUT2D eigenvalue weighted by Gasteiger charge is -2.26. The Bertz CT molecular complexity index is 1050. The number of alkyl halides is 3. The molecule has 30 heavy (non-hydrogen) atoms. The van der Waals surface area contributed by atoms with Gasteiger partial charge in [0, 0.05) is 23.9 Å². The molecule has 1 unspecified atom stereocenters. The van der Waals surface area contributed by atoms with E-state index in [1.807, 2.05) is 6.07 Å². The first-order valence-electron chi connectivity index (χ1n) is 9.50. The summed E-state index contributed by atoms with van der Waals surface area (Å²) < 4.78 is 38.7. The van der Waals surface area contributed by atoms with Gasteiger partial charge in [-0.3, -0.25) is 4.79 Å². The van der Waals surface area contributed by atoms with Gasteiger partial charge in [-0.1, -0.05) is 30.3 Å². The third-order valence-electron chi connectivity index (χ3n) is 5.21. The number of hydrogen-bond donors (Lipinski definition) is 1. The zero-order chi connectivity index (χ0) is 21.3. The summed E-state index contributed by atoms with van der Waals surface area (Å²) in [6.45, 7) is 0.564. The Hall–Kier alpha value is -3.42. The summed E-state index contributed by atoms with van der Waals surface area (Å²) in [6, 6.07) is 13.4. The van der Waals surface area contributed by atoms with Gasteiger partial charge in [0.1, 0.15) is 0 Å². The van der Waals surface area contributed by atoms with E-state index in [2.05, 4.69) is 9.97 Å². The van der Waals surface area contributed by atoms with Crippen molar-refractivity contribution < 1.29 is 18.0 Å². The van der Waals surface area contributed by atoms with Gasteiger partial charge in [0.2, 0.25) is 5.95 Å². The predicted molar refractivity (Wildman–Crippen MR) is 106 cm³/mol. The summed E-state index contributed by atoms with van der Waals surface area (Å²) in [6.07, 6.45) is -1.44. The molecule has 1 aromatic heterocycles. The van der Waals surface area contributed by atoms with Gasteiger partial charge in [-0.2, -0.15) is 13.2 Å². The van der Waals surface area contributed by atoms with E-state index in [-0.39, 0.29) is 17.9 Å². The van der Waals surface area contributed by atoms with Crippen LogP contribution in [0.2, 0.25) is 0 Å². The van der Waals surface area contributed by atoms with Crippen LogP contribution in [-0.4, -0.2) is 27.3 Å². The van der Waals surface area contributed by atoms with Gasteiger partial charge in [0.25, 0.3) is 5.91 Å². The zero-order valence-corrected chi connectivity index (χ0v) is 15.9. The molecule has 1 saturated heterocycles. The Kier molecular flexibility index (Phi) is 5.15. The van der Waals surface area contributed by atoms with Crippen molar-refractivity contribution in [3.05, 3.63) is 77.6 Å². The van der Waals surface area contributed by atoms with E-state index in [4.69, 9.17) is 5.73 Å². The molecule has 5 nitrogen and oxygen atoms in total. The SMILES string of the molecule is Nc1ncc(-c2ccc(C(F)(F)F)cc2)c(C2CCCN2C(=O)c2ccccc2)n1. The van der Waals surface area contributed by atoms with Crippen LogP contribution >= 0.6 is 0 Å². The minimum absolute atomic E-state index is 0.0553. The highest BCUT2D eigenvalue weighted by molar-refractivity contribution is 5.94. The quantitative estimate of drug-likeness (QED) is 0.676. The van der Waals surface area contributed by atoms with E-state index in [1.165, 1.54) is 18.3 Å². The number of carbonyl (C=O) groups excluding carboxylic acids is 1. The average molecular weight is 412 g/mol. The first-order chi connectivity index (χ1) is 14.3. The van der Waals surface area contributed by atoms with Crippen LogP contribution in [0.5, 0.6) is 0 Å². The number of nitrogens with two attached hydrogens (primary N) is 1. The summed E-state index contributed by atoms with van der Waals surface area (Å²) in [7, 11) is 0. The van der Waals surface area contributed by atoms with Crippen LogP contribution in [0, 0.1) is 0 Å². The van der Waals surface area contributed by atoms with Crippen molar-refractivity contribution in [2.24, 2.45) is 0 Å². The van der Waals surface area contributed by atoms with Crippen LogP contribution in [0.4, 0.5) is 19.1 Å². The van der Waals surface area contributed by atoms with E-state index in [9.17, 15) is 18.0 Å². The van der Waals surface area contributed by atoms with Crippen LogP contribution in [0.25, 0.3) is 11.1 Å². The summed E-state index contributed by atoms with van der Waals surface area (Å²) in [5.41, 5.74) is 7.30. The van der Waals surface area contributed by atoms with Gasteiger partial charge in [0.15, 0.2) is 0 Å². The molecule has 1 aliphatic heterocycles. The van der Waals surface area contributed by atoms with Gasteiger partial charge in [-0.15, -0.1) is 0 Å². The van der Waals surface area contributed by atoms with E-state index < -0.39 is 11.7 Å². The normalized spacial score (nSPS) is 16.6. The topological polar surface area (TPSA) is 72.1 Å². The van der Waals surface area contributed by atoms with Gasteiger partial charge >= 0.3 is 6.18 Å². The molecule has 2 N–H and O–H groups in total. The van der Waals surface area contributed by atoms with Gasteiger partial charge in [0.05, 0.1) is 17.3 Å². The largest absolute Gasteiger partial charge is 0.416 e. The fourth-order valence-electron chi connectivity index (χ4n) is 3.77. The number of halogens is 3. The number of hydrogen-bond acceptors (Lipinski definition) is 4. The number of nitrogen functional groups attached to an aromatic ring is 1. The lowest BCUT2D eigenvalue weighted by molar-refractivity contribution is -0.137. The number of nitrogens with zero attached hydrogens (tertiary/aromatic N) is 3. The fraction of sp³-hybridized carbons (Fsp3) is 0.227. The van der Waals surface area contributed by atoms with Gasteiger partial charge in [-0.05, 0) is 42.7 Å². The maximum Gasteiger partial charge on any atom is 0.416 e.